The molecule has 136 valence electrons. The van der Waals surface area contributed by atoms with Crippen LogP contribution in [-0.2, 0) is 6.42 Å². The Morgan fingerprint density at radius 1 is 1.23 bits per heavy atom. The van der Waals surface area contributed by atoms with Crippen LogP contribution in [0.2, 0.25) is 10.0 Å². The van der Waals surface area contributed by atoms with Gasteiger partial charge in [-0.2, -0.15) is 5.10 Å². The van der Waals surface area contributed by atoms with Gasteiger partial charge in [-0.05, 0) is 30.2 Å². The Morgan fingerprint density at radius 2 is 2.00 bits per heavy atom. The lowest BCUT2D eigenvalue weighted by Gasteiger charge is -2.16. The number of nitrogens with one attached hydrogen (secondary N) is 1. The van der Waals surface area contributed by atoms with Gasteiger partial charge in [0.25, 0.3) is 5.91 Å². The number of hydrogen-bond acceptors (Lipinski definition) is 3. The second kappa shape index (κ2) is 7.56. The van der Waals surface area contributed by atoms with Gasteiger partial charge in [-0.1, -0.05) is 36.2 Å². The van der Waals surface area contributed by atoms with Crippen LogP contribution < -0.4 is 0 Å². The molecule has 0 saturated carbocycles. The van der Waals surface area contributed by atoms with Crippen molar-refractivity contribution in [2.45, 2.75) is 19.8 Å². The van der Waals surface area contributed by atoms with Gasteiger partial charge in [-0.25, -0.2) is 0 Å². The Labute approximate surface area is 161 Å². The maximum Gasteiger partial charge on any atom is 0.257 e. The molecule has 0 bridgehead atoms. The molecule has 1 aromatic heterocycles. The number of fused-ring (bicyclic) bond motifs is 1. The molecular formula is C19H19Cl2N3O2. The minimum absolute atomic E-state index is 0.0600. The molecule has 5 nitrogen and oxygen atoms in total. The molecule has 26 heavy (non-hydrogen) atoms. The Kier molecular flexibility index (Phi) is 5.39. The van der Waals surface area contributed by atoms with Crippen LogP contribution in [0.1, 0.15) is 35.0 Å². The number of carbonyl (C=O) groups excluding carboxylic acids is 1. The number of aromatic nitrogens is 2. The highest BCUT2D eigenvalue weighted by atomic mass is 35.5. The van der Waals surface area contributed by atoms with E-state index in [9.17, 15) is 9.90 Å². The molecule has 3 aromatic rings. The number of aromatic hydroxyl groups is 1. The predicted molar refractivity (Wildman–Crippen MR) is 104 cm³/mol. The number of H-pyrrole nitrogens is 1. The van der Waals surface area contributed by atoms with Crippen LogP contribution in [0.3, 0.4) is 0 Å². The van der Waals surface area contributed by atoms with Gasteiger partial charge in [0, 0.05) is 31.5 Å². The standard InChI is InChI=1S/C19H19Cl2N3O2/c1-3-6-24(2)19(26)13-9-12-16(22-23-17(12)10-18(13)25)8-11-4-5-14(20)15(21)7-11/h4-5,7,9-10,25H,3,6,8H2,1-2H3,(H,22,23). The lowest BCUT2D eigenvalue weighted by molar-refractivity contribution is 0.0792. The van der Waals surface area contributed by atoms with E-state index in [0.717, 1.165) is 23.1 Å². The fraction of sp³-hybridized carbons (Fsp3) is 0.263. The van der Waals surface area contributed by atoms with Crippen molar-refractivity contribution in [3.8, 4) is 5.75 Å². The molecule has 7 heteroatoms. The molecule has 0 saturated heterocycles. The van der Waals surface area contributed by atoms with Gasteiger partial charge in [0.1, 0.15) is 5.75 Å². The highest BCUT2D eigenvalue weighted by molar-refractivity contribution is 6.42. The van der Waals surface area contributed by atoms with Gasteiger partial charge in [-0.3, -0.25) is 9.89 Å². The van der Waals surface area contributed by atoms with Gasteiger partial charge >= 0.3 is 0 Å². The number of amides is 1. The summed E-state index contributed by atoms with van der Waals surface area (Å²) in [6.45, 7) is 2.62. The number of phenolic OH excluding ortho intramolecular Hbond substituents is 1. The van der Waals surface area contributed by atoms with Crippen molar-refractivity contribution >= 4 is 40.0 Å². The Hall–Kier alpha value is -2.24. The van der Waals surface area contributed by atoms with E-state index in [1.165, 1.54) is 6.07 Å². The molecule has 3 rings (SSSR count). The van der Waals surface area contributed by atoms with E-state index in [-0.39, 0.29) is 17.2 Å². The van der Waals surface area contributed by atoms with Crippen LogP contribution in [-0.4, -0.2) is 39.7 Å². The van der Waals surface area contributed by atoms with E-state index >= 15 is 0 Å². The van der Waals surface area contributed by atoms with E-state index in [2.05, 4.69) is 10.2 Å². The lowest BCUT2D eigenvalue weighted by Crippen LogP contribution is -2.27. The summed E-state index contributed by atoms with van der Waals surface area (Å²) in [5.74, 6) is -0.275. The fourth-order valence-corrected chi connectivity index (χ4v) is 3.22. The molecule has 0 aliphatic heterocycles. The Morgan fingerprint density at radius 3 is 2.69 bits per heavy atom. The number of phenols is 1. The monoisotopic (exact) mass is 391 g/mol. The average molecular weight is 392 g/mol. The van der Waals surface area contributed by atoms with Crippen LogP contribution >= 0.6 is 23.2 Å². The smallest absolute Gasteiger partial charge is 0.257 e. The Bertz CT molecular complexity index is 969. The van der Waals surface area contributed by atoms with Crippen molar-refractivity contribution in [1.29, 1.82) is 0 Å². The largest absolute Gasteiger partial charge is 0.507 e. The second-order valence-corrected chi connectivity index (χ2v) is 7.05. The van der Waals surface area contributed by atoms with Crippen LogP contribution in [0.4, 0.5) is 0 Å². The Balaban J connectivity index is 1.98. The third kappa shape index (κ3) is 3.64. The number of hydrogen-bond donors (Lipinski definition) is 2. The van der Waals surface area contributed by atoms with Gasteiger partial charge in [0.2, 0.25) is 0 Å². The van der Waals surface area contributed by atoms with Crippen molar-refractivity contribution in [2.24, 2.45) is 0 Å². The maximum atomic E-state index is 12.6. The summed E-state index contributed by atoms with van der Waals surface area (Å²) in [6.07, 6.45) is 1.37. The second-order valence-electron chi connectivity index (χ2n) is 6.24. The molecule has 0 spiro atoms. The summed E-state index contributed by atoms with van der Waals surface area (Å²) in [7, 11) is 1.72. The molecule has 2 aromatic carbocycles. The number of nitrogens with zero attached hydrogens (tertiary/aromatic N) is 2. The first-order valence-corrected chi connectivity index (χ1v) is 9.05. The zero-order chi connectivity index (χ0) is 18.8. The molecule has 0 aliphatic carbocycles. The van der Waals surface area contributed by atoms with E-state index in [0.29, 0.717) is 28.5 Å². The minimum atomic E-state index is -0.215. The number of carbonyl (C=O) groups is 1. The summed E-state index contributed by atoms with van der Waals surface area (Å²) >= 11 is 12.0. The third-order valence-electron chi connectivity index (χ3n) is 4.25. The normalized spacial score (nSPS) is 11.1. The van der Waals surface area contributed by atoms with E-state index < -0.39 is 0 Å². The zero-order valence-electron chi connectivity index (χ0n) is 14.5. The number of halogens is 2. The predicted octanol–water partition coefficient (Wildman–Crippen LogP) is 4.65. The molecule has 0 atom stereocenters. The summed E-state index contributed by atoms with van der Waals surface area (Å²) in [6, 6.07) is 8.65. The topological polar surface area (TPSA) is 69.2 Å². The fourth-order valence-electron chi connectivity index (χ4n) is 2.90. The summed E-state index contributed by atoms with van der Waals surface area (Å²) < 4.78 is 0. The quantitative estimate of drug-likeness (QED) is 0.664. The van der Waals surface area contributed by atoms with Crippen LogP contribution in [0.5, 0.6) is 5.75 Å². The molecule has 0 radical (unpaired) electrons. The summed E-state index contributed by atoms with van der Waals surface area (Å²) in [5, 5.41) is 19.2. The minimum Gasteiger partial charge on any atom is -0.507 e. The highest BCUT2D eigenvalue weighted by Crippen LogP contribution is 2.29. The van der Waals surface area contributed by atoms with Gasteiger partial charge in [0.15, 0.2) is 0 Å². The maximum absolute atomic E-state index is 12.6. The van der Waals surface area contributed by atoms with Crippen molar-refractivity contribution in [1.82, 2.24) is 15.1 Å². The first-order valence-electron chi connectivity index (χ1n) is 8.30. The van der Waals surface area contributed by atoms with E-state index in [1.54, 1.807) is 30.1 Å². The van der Waals surface area contributed by atoms with Crippen LogP contribution in [0, 0.1) is 0 Å². The SMILES string of the molecule is CCCN(C)C(=O)c1cc2c(Cc3ccc(Cl)c(Cl)c3)n[nH]c2cc1O. The number of rotatable bonds is 5. The van der Waals surface area contributed by atoms with Gasteiger partial charge < -0.3 is 10.0 Å². The van der Waals surface area contributed by atoms with Crippen molar-refractivity contribution in [3.63, 3.8) is 0 Å². The van der Waals surface area contributed by atoms with Crippen molar-refractivity contribution in [2.75, 3.05) is 13.6 Å². The van der Waals surface area contributed by atoms with E-state index in [1.807, 2.05) is 13.0 Å². The molecule has 1 heterocycles. The van der Waals surface area contributed by atoms with Gasteiger partial charge in [-0.15, -0.1) is 0 Å². The average Bonchev–Trinajstić information content (AvgIpc) is 2.98. The van der Waals surface area contributed by atoms with Crippen molar-refractivity contribution in [3.05, 3.63) is 57.2 Å². The molecule has 0 fully saturated rings. The van der Waals surface area contributed by atoms with E-state index in [4.69, 9.17) is 23.2 Å². The molecule has 0 aliphatic rings. The lowest BCUT2D eigenvalue weighted by atomic mass is 10.0. The summed E-state index contributed by atoms with van der Waals surface area (Å²) in [4.78, 5) is 14.2. The highest BCUT2D eigenvalue weighted by Gasteiger charge is 2.18. The molecule has 1 amide bonds. The first-order chi connectivity index (χ1) is 12.4. The molecule has 2 N–H and O–H groups in total. The van der Waals surface area contributed by atoms with Gasteiger partial charge in [0.05, 0.1) is 26.8 Å². The number of benzene rings is 2. The zero-order valence-corrected chi connectivity index (χ0v) is 16.0. The van der Waals surface area contributed by atoms with Crippen molar-refractivity contribution < 1.29 is 9.90 Å². The molecular weight excluding hydrogens is 373 g/mol. The summed E-state index contributed by atoms with van der Waals surface area (Å²) in [5.41, 5.74) is 2.67. The van der Waals surface area contributed by atoms with Crippen LogP contribution in [0.15, 0.2) is 30.3 Å². The number of aromatic amines is 1. The third-order valence-corrected chi connectivity index (χ3v) is 4.99. The van der Waals surface area contributed by atoms with Crippen LogP contribution in [0.25, 0.3) is 10.9 Å². The molecule has 0 unspecified atom stereocenters. The first kappa shape index (κ1) is 18.5.